The van der Waals surface area contributed by atoms with Crippen LogP contribution in [-0.2, 0) is 6.18 Å². The number of fused-ring (bicyclic) bond motifs is 1. The summed E-state index contributed by atoms with van der Waals surface area (Å²) in [6.07, 6.45) is -1.32. The van der Waals surface area contributed by atoms with Gasteiger partial charge in [-0.25, -0.2) is 9.97 Å². The van der Waals surface area contributed by atoms with Crippen LogP contribution < -0.4 is 10.1 Å². The molecular weight excluding hydrogens is 477 g/mol. The second kappa shape index (κ2) is 8.96. The van der Waals surface area contributed by atoms with Gasteiger partial charge in [0, 0.05) is 23.1 Å². The average molecular weight is 495 g/mol. The molecule has 5 rings (SSSR count). The number of benzene rings is 3. The number of aromatic nitrogens is 3. The molecule has 0 radical (unpaired) electrons. The van der Waals surface area contributed by atoms with Crippen molar-refractivity contribution in [1.29, 1.82) is 0 Å². The van der Waals surface area contributed by atoms with E-state index in [1.807, 2.05) is 30.3 Å². The zero-order valence-corrected chi connectivity index (χ0v) is 19.1. The van der Waals surface area contributed by atoms with Crippen molar-refractivity contribution in [3.63, 3.8) is 0 Å². The zero-order valence-electron chi connectivity index (χ0n) is 18.3. The predicted molar refractivity (Wildman–Crippen MR) is 131 cm³/mol. The number of halogens is 4. The molecule has 0 aliphatic carbocycles. The fraction of sp³-hybridized carbons (Fsp3) is 0.0769. The maximum Gasteiger partial charge on any atom is 0.416 e. The van der Waals surface area contributed by atoms with Gasteiger partial charge in [-0.15, -0.1) is 0 Å². The summed E-state index contributed by atoms with van der Waals surface area (Å²) in [6, 6.07) is 19.9. The van der Waals surface area contributed by atoms with E-state index in [2.05, 4.69) is 15.3 Å². The number of ether oxygens (including phenoxy) is 1. The van der Waals surface area contributed by atoms with Crippen LogP contribution in [0.2, 0.25) is 5.02 Å². The molecule has 176 valence electrons. The summed E-state index contributed by atoms with van der Waals surface area (Å²) in [5.74, 6) is 1.02. The van der Waals surface area contributed by atoms with Crippen LogP contribution in [0.5, 0.6) is 5.75 Å². The Morgan fingerprint density at radius 3 is 2.46 bits per heavy atom. The molecule has 5 nitrogen and oxygen atoms in total. The van der Waals surface area contributed by atoms with Crippen molar-refractivity contribution in [3.05, 3.63) is 95.9 Å². The normalized spacial score (nSPS) is 11.6. The number of rotatable bonds is 5. The Morgan fingerprint density at radius 2 is 1.74 bits per heavy atom. The van der Waals surface area contributed by atoms with E-state index in [0.29, 0.717) is 39.0 Å². The molecule has 2 aromatic heterocycles. The monoisotopic (exact) mass is 494 g/mol. The van der Waals surface area contributed by atoms with Gasteiger partial charge in [0.1, 0.15) is 17.9 Å². The largest absolute Gasteiger partial charge is 0.495 e. The highest BCUT2D eigenvalue weighted by Crippen LogP contribution is 2.38. The second-order valence-corrected chi connectivity index (χ2v) is 8.13. The minimum Gasteiger partial charge on any atom is -0.495 e. The van der Waals surface area contributed by atoms with E-state index in [4.69, 9.17) is 16.3 Å². The first-order valence-corrected chi connectivity index (χ1v) is 10.9. The van der Waals surface area contributed by atoms with Crippen LogP contribution >= 0.6 is 11.6 Å². The van der Waals surface area contributed by atoms with Crippen molar-refractivity contribution >= 4 is 34.1 Å². The minimum atomic E-state index is -4.46. The Balaban J connectivity index is 1.71. The molecule has 2 heterocycles. The fourth-order valence-electron chi connectivity index (χ4n) is 3.90. The molecule has 0 aliphatic rings. The fourth-order valence-corrected chi connectivity index (χ4v) is 4.16. The first kappa shape index (κ1) is 22.7. The highest BCUT2D eigenvalue weighted by Gasteiger charge is 2.31. The first-order chi connectivity index (χ1) is 16.8. The molecule has 0 amide bonds. The Morgan fingerprint density at radius 1 is 0.943 bits per heavy atom. The van der Waals surface area contributed by atoms with E-state index in [9.17, 15) is 13.2 Å². The third-order valence-corrected chi connectivity index (χ3v) is 5.83. The van der Waals surface area contributed by atoms with Gasteiger partial charge in [0.15, 0.2) is 5.65 Å². The molecule has 0 bridgehead atoms. The van der Waals surface area contributed by atoms with Crippen LogP contribution in [0, 0.1) is 0 Å². The van der Waals surface area contributed by atoms with E-state index >= 15 is 0 Å². The molecule has 5 aromatic rings. The lowest BCUT2D eigenvalue weighted by Gasteiger charge is -2.11. The summed E-state index contributed by atoms with van der Waals surface area (Å²) in [5, 5.41) is 4.34. The zero-order chi connectivity index (χ0) is 24.6. The van der Waals surface area contributed by atoms with Gasteiger partial charge in [-0.05, 0) is 42.0 Å². The van der Waals surface area contributed by atoms with Gasteiger partial charge < -0.3 is 14.6 Å². The lowest BCUT2D eigenvalue weighted by atomic mass is 10.1. The van der Waals surface area contributed by atoms with Gasteiger partial charge in [0.05, 0.1) is 23.1 Å². The van der Waals surface area contributed by atoms with Crippen LogP contribution in [0.1, 0.15) is 5.56 Å². The molecule has 0 saturated heterocycles. The number of methoxy groups -OCH3 is 1. The SMILES string of the molecule is COc1ccc(Nc2ncnc3c2c(-c2ccccc2)cn3-c2cccc(C(F)(F)F)c2)cc1Cl. The van der Waals surface area contributed by atoms with E-state index in [0.717, 1.165) is 23.3 Å². The van der Waals surface area contributed by atoms with Crippen molar-refractivity contribution in [1.82, 2.24) is 14.5 Å². The molecule has 35 heavy (non-hydrogen) atoms. The molecule has 0 saturated carbocycles. The quantitative estimate of drug-likeness (QED) is 0.274. The lowest BCUT2D eigenvalue weighted by molar-refractivity contribution is -0.137. The van der Waals surface area contributed by atoms with Gasteiger partial charge in [0.25, 0.3) is 0 Å². The molecule has 0 aliphatic heterocycles. The molecular formula is C26H18ClF3N4O. The molecule has 9 heteroatoms. The standard InChI is InChI=1S/C26H18ClF3N4O/c1-35-22-11-10-18(13-21(22)27)33-24-23-20(16-6-3-2-4-7-16)14-34(25(23)32-15-31-24)19-9-5-8-17(12-19)26(28,29)30/h2-15H,1H3,(H,31,32,33). The van der Waals surface area contributed by atoms with Gasteiger partial charge >= 0.3 is 6.18 Å². The van der Waals surface area contributed by atoms with E-state index < -0.39 is 11.7 Å². The Bertz CT molecular complexity index is 1520. The summed E-state index contributed by atoms with van der Waals surface area (Å²) in [6.45, 7) is 0. The number of anilines is 2. The third kappa shape index (κ3) is 4.40. The Labute approximate surface area is 203 Å². The third-order valence-electron chi connectivity index (χ3n) is 5.53. The van der Waals surface area contributed by atoms with Gasteiger partial charge in [0.2, 0.25) is 0 Å². The van der Waals surface area contributed by atoms with E-state index in [1.54, 1.807) is 35.0 Å². The average Bonchev–Trinajstić information content (AvgIpc) is 3.25. The minimum absolute atomic E-state index is 0.337. The van der Waals surface area contributed by atoms with Gasteiger partial charge in [-0.3, -0.25) is 0 Å². The smallest absolute Gasteiger partial charge is 0.416 e. The van der Waals surface area contributed by atoms with Crippen LogP contribution in [0.15, 0.2) is 85.3 Å². The molecule has 0 fully saturated rings. The Kier molecular flexibility index (Phi) is 5.82. The number of nitrogens with zero attached hydrogens (tertiary/aromatic N) is 3. The highest BCUT2D eigenvalue weighted by atomic mass is 35.5. The van der Waals surface area contributed by atoms with Crippen LogP contribution in [0.4, 0.5) is 24.7 Å². The van der Waals surface area contributed by atoms with Crippen molar-refractivity contribution in [2.45, 2.75) is 6.18 Å². The number of nitrogens with one attached hydrogen (secondary N) is 1. The van der Waals surface area contributed by atoms with Crippen molar-refractivity contribution in [2.24, 2.45) is 0 Å². The number of hydrogen-bond donors (Lipinski definition) is 1. The Hall–Kier alpha value is -4.04. The van der Waals surface area contributed by atoms with Crippen LogP contribution in [0.25, 0.3) is 27.8 Å². The first-order valence-electron chi connectivity index (χ1n) is 10.5. The number of hydrogen-bond acceptors (Lipinski definition) is 4. The molecule has 0 spiro atoms. The van der Waals surface area contributed by atoms with Crippen LogP contribution in [0.3, 0.4) is 0 Å². The van der Waals surface area contributed by atoms with E-state index in [-0.39, 0.29) is 0 Å². The summed E-state index contributed by atoms with van der Waals surface area (Å²) >= 11 is 6.28. The summed E-state index contributed by atoms with van der Waals surface area (Å²) in [5.41, 5.74) is 2.36. The molecule has 3 aromatic carbocycles. The lowest BCUT2D eigenvalue weighted by Crippen LogP contribution is -2.06. The highest BCUT2D eigenvalue weighted by molar-refractivity contribution is 6.32. The molecule has 0 unspecified atom stereocenters. The summed E-state index contributed by atoms with van der Waals surface area (Å²) in [7, 11) is 1.53. The van der Waals surface area contributed by atoms with Gasteiger partial charge in [-0.1, -0.05) is 48.0 Å². The van der Waals surface area contributed by atoms with Crippen molar-refractivity contribution < 1.29 is 17.9 Å². The maximum absolute atomic E-state index is 13.4. The topological polar surface area (TPSA) is 52.0 Å². The summed E-state index contributed by atoms with van der Waals surface area (Å²) in [4.78, 5) is 8.86. The van der Waals surface area contributed by atoms with Crippen LogP contribution in [-0.4, -0.2) is 21.6 Å². The summed E-state index contributed by atoms with van der Waals surface area (Å²) < 4.78 is 47.0. The molecule has 0 atom stereocenters. The second-order valence-electron chi connectivity index (χ2n) is 7.72. The predicted octanol–water partition coefficient (Wildman–Crippen LogP) is 7.51. The van der Waals surface area contributed by atoms with Gasteiger partial charge in [-0.2, -0.15) is 13.2 Å². The van der Waals surface area contributed by atoms with Crippen molar-refractivity contribution in [3.8, 4) is 22.6 Å². The number of alkyl halides is 3. The van der Waals surface area contributed by atoms with Crippen molar-refractivity contribution in [2.75, 3.05) is 12.4 Å². The molecule has 1 N–H and O–H groups in total. The van der Waals surface area contributed by atoms with E-state index in [1.165, 1.54) is 19.5 Å². The maximum atomic E-state index is 13.4.